The van der Waals surface area contributed by atoms with Gasteiger partial charge in [-0.2, -0.15) is 0 Å². The summed E-state index contributed by atoms with van der Waals surface area (Å²) in [6.07, 6.45) is 4.97. The van der Waals surface area contributed by atoms with Gasteiger partial charge in [-0.25, -0.2) is 9.97 Å². The third-order valence-corrected chi connectivity index (χ3v) is 3.35. The number of aryl methyl sites for hydroxylation is 1. The van der Waals surface area contributed by atoms with E-state index >= 15 is 0 Å². The molecule has 3 rings (SSSR count). The van der Waals surface area contributed by atoms with Gasteiger partial charge in [-0.05, 0) is 31.4 Å². The zero-order valence-corrected chi connectivity index (χ0v) is 10.4. The summed E-state index contributed by atoms with van der Waals surface area (Å²) in [5, 5.41) is 0.687. The molecule has 5 heteroatoms. The van der Waals surface area contributed by atoms with E-state index in [0.717, 1.165) is 36.5 Å². The van der Waals surface area contributed by atoms with Crippen LogP contribution >= 0.6 is 12.6 Å². The highest BCUT2D eigenvalue weighted by atomic mass is 32.1. The summed E-state index contributed by atoms with van der Waals surface area (Å²) in [7, 11) is 1.65. The molecule has 0 radical (unpaired) electrons. The van der Waals surface area contributed by atoms with Gasteiger partial charge in [0.05, 0.1) is 12.8 Å². The maximum absolute atomic E-state index is 5.34. The Labute approximate surface area is 105 Å². The first kappa shape index (κ1) is 10.7. The van der Waals surface area contributed by atoms with E-state index in [1.165, 1.54) is 5.69 Å². The SMILES string of the molecule is COc1cccnc1-n1c(S)nc2c1CCC2. The Balaban J connectivity index is 2.21. The second-order valence-corrected chi connectivity index (χ2v) is 4.42. The summed E-state index contributed by atoms with van der Waals surface area (Å²) >= 11 is 4.43. The average Bonchev–Trinajstić information content (AvgIpc) is 2.89. The number of fused-ring (bicyclic) bond motifs is 1. The molecular formula is C12H13N3OS. The largest absolute Gasteiger partial charge is 0.493 e. The highest BCUT2D eigenvalue weighted by Crippen LogP contribution is 2.30. The van der Waals surface area contributed by atoms with Gasteiger partial charge in [0.15, 0.2) is 16.7 Å². The van der Waals surface area contributed by atoms with Crippen molar-refractivity contribution in [2.75, 3.05) is 7.11 Å². The molecule has 0 spiro atoms. The van der Waals surface area contributed by atoms with Crippen molar-refractivity contribution in [2.45, 2.75) is 24.4 Å². The lowest BCUT2D eigenvalue weighted by Crippen LogP contribution is -2.04. The Hall–Kier alpha value is -1.49. The van der Waals surface area contributed by atoms with Gasteiger partial charge in [-0.3, -0.25) is 4.57 Å². The minimum Gasteiger partial charge on any atom is -0.493 e. The van der Waals surface area contributed by atoms with Crippen molar-refractivity contribution in [3.05, 3.63) is 29.7 Å². The number of aromatic nitrogens is 3. The van der Waals surface area contributed by atoms with Crippen molar-refractivity contribution >= 4 is 12.6 Å². The summed E-state index contributed by atoms with van der Waals surface area (Å²) in [4.78, 5) is 8.85. The Morgan fingerprint density at radius 2 is 2.29 bits per heavy atom. The van der Waals surface area contributed by atoms with E-state index in [1.54, 1.807) is 13.3 Å². The second-order valence-electron chi connectivity index (χ2n) is 4.02. The van der Waals surface area contributed by atoms with Crippen molar-refractivity contribution in [2.24, 2.45) is 0 Å². The number of ether oxygens (including phenoxy) is 1. The fraction of sp³-hybridized carbons (Fsp3) is 0.333. The van der Waals surface area contributed by atoms with E-state index in [1.807, 2.05) is 16.7 Å². The van der Waals surface area contributed by atoms with Gasteiger partial charge in [0.25, 0.3) is 0 Å². The Morgan fingerprint density at radius 3 is 3.12 bits per heavy atom. The van der Waals surface area contributed by atoms with E-state index in [0.29, 0.717) is 5.16 Å². The molecule has 1 aliphatic carbocycles. The average molecular weight is 247 g/mol. The molecule has 4 nitrogen and oxygen atoms in total. The maximum Gasteiger partial charge on any atom is 0.181 e. The van der Waals surface area contributed by atoms with Gasteiger partial charge < -0.3 is 4.74 Å². The number of hydrogen-bond acceptors (Lipinski definition) is 4. The zero-order chi connectivity index (χ0) is 11.8. The molecule has 17 heavy (non-hydrogen) atoms. The zero-order valence-electron chi connectivity index (χ0n) is 9.55. The fourth-order valence-electron chi connectivity index (χ4n) is 2.30. The molecule has 0 aliphatic heterocycles. The van der Waals surface area contributed by atoms with Gasteiger partial charge in [-0.15, -0.1) is 12.6 Å². The summed E-state index contributed by atoms with van der Waals surface area (Å²) < 4.78 is 7.33. The minimum atomic E-state index is 0.687. The molecule has 0 saturated carbocycles. The molecule has 0 saturated heterocycles. The summed E-state index contributed by atoms with van der Waals surface area (Å²) in [5.74, 6) is 1.52. The van der Waals surface area contributed by atoms with Crippen molar-refractivity contribution in [1.82, 2.24) is 14.5 Å². The van der Waals surface area contributed by atoms with Crippen molar-refractivity contribution in [3.63, 3.8) is 0 Å². The van der Waals surface area contributed by atoms with E-state index in [4.69, 9.17) is 4.74 Å². The van der Waals surface area contributed by atoms with Crippen LogP contribution in [0.4, 0.5) is 0 Å². The van der Waals surface area contributed by atoms with Crippen LogP contribution in [-0.4, -0.2) is 21.6 Å². The van der Waals surface area contributed by atoms with Gasteiger partial charge in [-0.1, -0.05) is 0 Å². The molecule has 0 fully saturated rings. The van der Waals surface area contributed by atoms with E-state index in [2.05, 4.69) is 22.6 Å². The number of pyridine rings is 1. The van der Waals surface area contributed by atoms with Gasteiger partial charge in [0.1, 0.15) is 0 Å². The first-order valence-electron chi connectivity index (χ1n) is 5.60. The Kier molecular flexibility index (Phi) is 2.55. The minimum absolute atomic E-state index is 0.687. The van der Waals surface area contributed by atoms with Crippen LogP contribution in [0.15, 0.2) is 23.5 Å². The number of rotatable bonds is 2. The van der Waals surface area contributed by atoms with Crippen LogP contribution in [0.1, 0.15) is 17.8 Å². The monoisotopic (exact) mass is 247 g/mol. The molecule has 0 atom stereocenters. The number of nitrogens with zero attached hydrogens (tertiary/aromatic N) is 3. The predicted octanol–water partition coefficient (Wildman–Crippen LogP) is 2.05. The molecule has 1 aliphatic rings. The summed E-state index contributed by atoms with van der Waals surface area (Å²) in [6.45, 7) is 0. The van der Waals surface area contributed by atoms with Crippen LogP contribution in [0.5, 0.6) is 5.75 Å². The fourth-order valence-corrected chi connectivity index (χ4v) is 2.63. The lowest BCUT2D eigenvalue weighted by Gasteiger charge is -2.11. The number of thiol groups is 1. The number of imidazole rings is 1. The highest BCUT2D eigenvalue weighted by molar-refractivity contribution is 7.80. The second kappa shape index (κ2) is 4.07. The Morgan fingerprint density at radius 1 is 1.41 bits per heavy atom. The third kappa shape index (κ3) is 1.61. The van der Waals surface area contributed by atoms with E-state index in [9.17, 15) is 0 Å². The molecule has 0 aromatic carbocycles. The number of hydrogen-bond donors (Lipinski definition) is 1. The normalized spacial score (nSPS) is 13.8. The maximum atomic E-state index is 5.34. The van der Waals surface area contributed by atoms with Crippen molar-refractivity contribution in [3.8, 4) is 11.6 Å². The quantitative estimate of drug-likeness (QED) is 0.826. The molecule has 0 amide bonds. The van der Waals surface area contributed by atoms with Crippen LogP contribution in [0, 0.1) is 0 Å². The molecule has 2 heterocycles. The molecule has 0 N–H and O–H groups in total. The lowest BCUT2D eigenvalue weighted by atomic mass is 10.3. The van der Waals surface area contributed by atoms with Crippen LogP contribution in [0.25, 0.3) is 5.82 Å². The van der Waals surface area contributed by atoms with E-state index in [-0.39, 0.29) is 0 Å². The first-order valence-corrected chi connectivity index (χ1v) is 6.05. The van der Waals surface area contributed by atoms with Crippen LogP contribution in [0.2, 0.25) is 0 Å². The van der Waals surface area contributed by atoms with Crippen LogP contribution in [0.3, 0.4) is 0 Å². The highest BCUT2D eigenvalue weighted by Gasteiger charge is 2.23. The van der Waals surface area contributed by atoms with Crippen molar-refractivity contribution in [1.29, 1.82) is 0 Å². The first-order chi connectivity index (χ1) is 8.31. The van der Waals surface area contributed by atoms with Crippen LogP contribution in [-0.2, 0) is 12.8 Å². The molecular weight excluding hydrogens is 234 g/mol. The van der Waals surface area contributed by atoms with E-state index < -0.39 is 0 Å². The molecule has 88 valence electrons. The van der Waals surface area contributed by atoms with Crippen LogP contribution < -0.4 is 4.74 Å². The van der Waals surface area contributed by atoms with Crippen molar-refractivity contribution < 1.29 is 4.74 Å². The molecule has 2 aromatic heterocycles. The summed E-state index contributed by atoms with van der Waals surface area (Å²) in [5.41, 5.74) is 2.36. The van der Waals surface area contributed by atoms with Gasteiger partial charge in [0, 0.05) is 11.9 Å². The van der Waals surface area contributed by atoms with Gasteiger partial charge >= 0.3 is 0 Å². The molecule has 0 bridgehead atoms. The standard InChI is InChI=1S/C12H13N3OS/c1-16-10-6-3-7-13-11(10)15-9-5-2-4-8(9)14-12(15)17/h3,6-7H,2,4-5H2,1H3,(H,14,17). The summed E-state index contributed by atoms with van der Waals surface area (Å²) in [6, 6.07) is 3.76. The lowest BCUT2D eigenvalue weighted by molar-refractivity contribution is 0.409. The number of methoxy groups -OCH3 is 1. The molecule has 2 aromatic rings. The predicted molar refractivity (Wildman–Crippen MR) is 67.2 cm³/mol. The topological polar surface area (TPSA) is 39.9 Å². The molecule has 0 unspecified atom stereocenters. The van der Waals surface area contributed by atoms with Gasteiger partial charge in [0.2, 0.25) is 0 Å². The Bertz CT molecular complexity index is 565. The third-order valence-electron chi connectivity index (χ3n) is 3.05. The smallest absolute Gasteiger partial charge is 0.181 e.